The van der Waals surface area contributed by atoms with Crippen molar-refractivity contribution in [2.45, 2.75) is 26.2 Å². The summed E-state index contributed by atoms with van der Waals surface area (Å²) in [6.45, 7) is 5.17. The van der Waals surface area contributed by atoms with Crippen LogP contribution in [-0.2, 0) is 6.42 Å². The first-order valence-electron chi connectivity index (χ1n) is 6.62. The SMILES string of the molecule is Cc1ccc(CC2CCN(CCCF)C2)cc1. The topological polar surface area (TPSA) is 3.24 Å². The maximum atomic E-state index is 12.1. The fourth-order valence-corrected chi connectivity index (χ4v) is 2.62. The van der Waals surface area contributed by atoms with Crippen molar-refractivity contribution in [1.82, 2.24) is 4.90 Å². The average Bonchev–Trinajstić information content (AvgIpc) is 2.77. The number of aryl methyl sites for hydroxylation is 1. The molecule has 1 saturated heterocycles. The average molecular weight is 235 g/mol. The third-order valence-electron chi connectivity index (χ3n) is 3.62. The minimum atomic E-state index is -0.181. The van der Waals surface area contributed by atoms with E-state index >= 15 is 0 Å². The van der Waals surface area contributed by atoms with Crippen LogP contribution >= 0.6 is 0 Å². The van der Waals surface area contributed by atoms with Crippen molar-refractivity contribution in [2.24, 2.45) is 5.92 Å². The van der Waals surface area contributed by atoms with E-state index in [1.54, 1.807) is 0 Å². The van der Waals surface area contributed by atoms with Crippen LogP contribution in [0, 0.1) is 12.8 Å². The van der Waals surface area contributed by atoms with Gasteiger partial charge < -0.3 is 4.90 Å². The Kier molecular flexibility index (Phi) is 4.55. The number of nitrogens with zero attached hydrogens (tertiary/aromatic N) is 1. The zero-order valence-electron chi connectivity index (χ0n) is 10.7. The summed E-state index contributed by atoms with van der Waals surface area (Å²) in [6.07, 6.45) is 3.13. The van der Waals surface area contributed by atoms with Crippen LogP contribution in [0.2, 0.25) is 0 Å². The Morgan fingerprint density at radius 1 is 1.29 bits per heavy atom. The van der Waals surface area contributed by atoms with E-state index in [0.717, 1.165) is 25.6 Å². The van der Waals surface area contributed by atoms with E-state index in [4.69, 9.17) is 0 Å². The third kappa shape index (κ3) is 3.81. The molecule has 2 heteroatoms. The zero-order chi connectivity index (χ0) is 12.1. The van der Waals surface area contributed by atoms with Gasteiger partial charge in [-0.2, -0.15) is 0 Å². The van der Waals surface area contributed by atoms with Gasteiger partial charge in [-0.1, -0.05) is 29.8 Å². The maximum absolute atomic E-state index is 12.1. The van der Waals surface area contributed by atoms with E-state index in [-0.39, 0.29) is 6.67 Å². The minimum absolute atomic E-state index is 0.181. The summed E-state index contributed by atoms with van der Waals surface area (Å²) in [5, 5.41) is 0. The molecule has 17 heavy (non-hydrogen) atoms. The molecule has 0 N–H and O–H groups in total. The fraction of sp³-hybridized carbons (Fsp3) is 0.600. The third-order valence-corrected chi connectivity index (χ3v) is 3.62. The fourth-order valence-electron chi connectivity index (χ4n) is 2.62. The van der Waals surface area contributed by atoms with Crippen LogP contribution in [0.25, 0.3) is 0 Å². The molecular formula is C15H22FN. The lowest BCUT2D eigenvalue weighted by Crippen LogP contribution is -2.22. The van der Waals surface area contributed by atoms with E-state index in [9.17, 15) is 4.39 Å². The molecule has 1 atom stereocenters. The largest absolute Gasteiger partial charge is 0.303 e. The van der Waals surface area contributed by atoms with E-state index in [1.165, 1.54) is 24.0 Å². The molecule has 0 aliphatic carbocycles. The summed E-state index contributed by atoms with van der Waals surface area (Å²) in [7, 11) is 0. The first-order chi connectivity index (χ1) is 8.28. The molecule has 94 valence electrons. The maximum Gasteiger partial charge on any atom is 0.0906 e. The van der Waals surface area contributed by atoms with Crippen molar-refractivity contribution in [2.75, 3.05) is 26.3 Å². The molecular weight excluding hydrogens is 213 g/mol. The van der Waals surface area contributed by atoms with E-state index in [0.29, 0.717) is 6.42 Å². The molecule has 1 aliphatic rings. The second-order valence-corrected chi connectivity index (χ2v) is 5.19. The van der Waals surface area contributed by atoms with Gasteiger partial charge in [-0.05, 0) is 44.2 Å². The molecule has 1 nitrogen and oxygen atoms in total. The molecule has 0 spiro atoms. The van der Waals surface area contributed by atoms with Crippen LogP contribution in [0.3, 0.4) is 0 Å². The second kappa shape index (κ2) is 6.15. The van der Waals surface area contributed by atoms with Crippen molar-refractivity contribution >= 4 is 0 Å². The van der Waals surface area contributed by atoms with Crippen LogP contribution in [-0.4, -0.2) is 31.2 Å². The number of hydrogen-bond donors (Lipinski definition) is 0. The molecule has 0 amide bonds. The van der Waals surface area contributed by atoms with Crippen LogP contribution in [0.15, 0.2) is 24.3 Å². The highest BCUT2D eigenvalue weighted by atomic mass is 19.1. The lowest BCUT2D eigenvalue weighted by molar-refractivity contribution is 0.301. The van der Waals surface area contributed by atoms with Crippen molar-refractivity contribution in [3.63, 3.8) is 0 Å². The van der Waals surface area contributed by atoms with Crippen molar-refractivity contribution in [1.29, 1.82) is 0 Å². The van der Waals surface area contributed by atoms with Crippen molar-refractivity contribution in [3.8, 4) is 0 Å². The first kappa shape index (κ1) is 12.6. The molecule has 1 aromatic rings. The number of alkyl halides is 1. The predicted molar refractivity (Wildman–Crippen MR) is 70.0 cm³/mol. The monoisotopic (exact) mass is 235 g/mol. The Morgan fingerprint density at radius 3 is 2.76 bits per heavy atom. The molecule has 1 aromatic carbocycles. The molecule has 2 rings (SSSR count). The Labute approximate surface area is 104 Å². The molecule has 1 fully saturated rings. The van der Waals surface area contributed by atoms with Crippen LogP contribution in [0.5, 0.6) is 0 Å². The molecule has 1 aliphatic heterocycles. The minimum Gasteiger partial charge on any atom is -0.303 e. The second-order valence-electron chi connectivity index (χ2n) is 5.19. The summed E-state index contributed by atoms with van der Waals surface area (Å²) in [5.41, 5.74) is 2.76. The normalized spacial score (nSPS) is 20.9. The smallest absolute Gasteiger partial charge is 0.0906 e. The van der Waals surface area contributed by atoms with Gasteiger partial charge >= 0.3 is 0 Å². The summed E-state index contributed by atoms with van der Waals surface area (Å²) in [5.74, 6) is 0.761. The van der Waals surface area contributed by atoms with Gasteiger partial charge in [-0.15, -0.1) is 0 Å². The first-order valence-corrected chi connectivity index (χ1v) is 6.62. The van der Waals surface area contributed by atoms with Gasteiger partial charge in [0, 0.05) is 13.1 Å². The molecule has 0 aromatic heterocycles. The number of benzene rings is 1. The van der Waals surface area contributed by atoms with Gasteiger partial charge in [0.1, 0.15) is 0 Å². The van der Waals surface area contributed by atoms with Gasteiger partial charge in [-0.3, -0.25) is 4.39 Å². The van der Waals surface area contributed by atoms with Crippen molar-refractivity contribution < 1.29 is 4.39 Å². The summed E-state index contributed by atoms with van der Waals surface area (Å²) >= 11 is 0. The number of likely N-dealkylation sites (tertiary alicyclic amines) is 1. The Morgan fingerprint density at radius 2 is 2.06 bits per heavy atom. The summed E-state index contributed by atoms with van der Waals surface area (Å²) < 4.78 is 12.1. The number of rotatable bonds is 5. The molecule has 0 radical (unpaired) electrons. The highest BCUT2D eigenvalue weighted by Gasteiger charge is 2.21. The van der Waals surface area contributed by atoms with E-state index in [2.05, 4.69) is 36.1 Å². The van der Waals surface area contributed by atoms with Crippen LogP contribution in [0.4, 0.5) is 4.39 Å². The zero-order valence-corrected chi connectivity index (χ0v) is 10.7. The predicted octanol–water partition coefficient (Wildman–Crippen LogP) is 3.22. The highest BCUT2D eigenvalue weighted by Crippen LogP contribution is 2.21. The summed E-state index contributed by atoms with van der Waals surface area (Å²) in [4.78, 5) is 2.40. The Balaban J connectivity index is 1.79. The van der Waals surface area contributed by atoms with Gasteiger partial charge in [-0.25, -0.2) is 0 Å². The van der Waals surface area contributed by atoms with Gasteiger partial charge in [0.15, 0.2) is 0 Å². The number of hydrogen-bond acceptors (Lipinski definition) is 1. The van der Waals surface area contributed by atoms with Gasteiger partial charge in [0.2, 0.25) is 0 Å². The number of halogens is 1. The molecule has 1 heterocycles. The highest BCUT2D eigenvalue weighted by molar-refractivity contribution is 5.21. The van der Waals surface area contributed by atoms with E-state index in [1.807, 2.05) is 0 Å². The van der Waals surface area contributed by atoms with Crippen LogP contribution < -0.4 is 0 Å². The lowest BCUT2D eigenvalue weighted by Gasteiger charge is -2.15. The van der Waals surface area contributed by atoms with Gasteiger partial charge in [0.05, 0.1) is 6.67 Å². The van der Waals surface area contributed by atoms with E-state index < -0.39 is 0 Å². The Hall–Kier alpha value is -0.890. The Bertz CT molecular complexity index is 333. The van der Waals surface area contributed by atoms with Crippen LogP contribution in [0.1, 0.15) is 24.0 Å². The molecule has 0 saturated carbocycles. The summed E-state index contributed by atoms with van der Waals surface area (Å²) in [6, 6.07) is 8.84. The quantitative estimate of drug-likeness (QED) is 0.757. The lowest BCUT2D eigenvalue weighted by atomic mass is 9.98. The van der Waals surface area contributed by atoms with Gasteiger partial charge in [0.25, 0.3) is 0 Å². The molecule has 1 unspecified atom stereocenters. The standard InChI is InChI=1S/C15H22FN/c1-13-3-5-14(6-4-13)11-15-7-10-17(12-15)9-2-8-16/h3-6,15H,2,7-12H2,1H3. The van der Waals surface area contributed by atoms with Crippen molar-refractivity contribution in [3.05, 3.63) is 35.4 Å². The molecule has 0 bridgehead atoms.